The highest BCUT2D eigenvalue weighted by Gasteiger charge is 2.45. The third kappa shape index (κ3) is 6.40. The van der Waals surface area contributed by atoms with Gasteiger partial charge in [0.2, 0.25) is 0 Å². The van der Waals surface area contributed by atoms with E-state index in [1.165, 1.54) is 22.9 Å². The molecule has 6 nitrogen and oxygen atoms in total. The van der Waals surface area contributed by atoms with Crippen molar-refractivity contribution in [3.8, 4) is 11.1 Å². The molecule has 1 fully saturated rings. The first kappa shape index (κ1) is 30.0. The van der Waals surface area contributed by atoms with Crippen molar-refractivity contribution in [3.63, 3.8) is 0 Å². The number of carbonyl (C=O) groups is 2. The quantitative estimate of drug-likeness (QED) is 0.187. The Morgan fingerprint density at radius 2 is 1.32 bits per heavy atom. The summed E-state index contributed by atoms with van der Waals surface area (Å²) in [5.41, 5.74) is 5.78. The van der Waals surface area contributed by atoms with Crippen molar-refractivity contribution in [2.24, 2.45) is 11.8 Å². The second kappa shape index (κ2) is 13.3. The molecule has 4 aromatic carbocycles. The lowest BCUT2D eigenvalue weighted by Crippen LogP contribution is -2.51. The zero-order chi connectivity index (χ0) is 30.6. The molecule has 226 valence electrons. The van der Waals surface area contributed by atoms with Crippen LogP contribution < -0.4 is 0 Å². The minimum absolute atomic E-state index is 0.0342. The summed E-state index contributed by atoms with van der Waals surface area (Å²) in [6, 6.07) is 33.6. The van der Waals surface area contributed by atoms with E-state index < -0.39 is 23.8 Å². The van der Waals surface area contributed by atoms with Gasteiger partial charge in [0, 0.05) is 16.7 Å². The van der Waals surface area contributed by atoms with Crippen LogP contribution >= 0.6 is 11.8 Å². The van der Waals surface area contributed by atoms with Crippen LogP contribution in [0.1, 0.15) is 46.8 Å². The van der Waals surface area contributed by atoms with Crippen molar-refractivity contribution in [2.75, 3.05) is 13.2 Å². The molecule has 0 aromatic heterocycles. The molecular formula is C37H36O6S. The molecule has 2 aliphatic rings. The highest BCUT2D eigenvalue weighted by Crippen LogP contribution is 2.45. The molecular weight excluding hydrogens is 572 g/mol. The summed E-state index contributed by atoms with van der Waals surface area (Å²) in [6.07, 6.45) is -1.63. The van der Waals surface area contributed by atoms with Crippen LogP contribution in [0, 0.1) is 18.8 Å². The molecule has 0 N–H and O–H groups in total. The predicted octanol–water partition coefficient (Wildman–Crippen LogP) is 8.28. The number of thioether (sulfide) groups is 1. The Morgan fingerprint density at radius 3 is 1.98 bits per heavy atom. The van der Waals surface area contributed by atoms with Crippen molar-refractivity contribution in [2.45, 2.75) is 49.2 Å². The maximum Gasteiger partial charge on any atom is 0.508 e. The molecule has 0 amide bonds. The van der Waals surface area contributed by atoms with E-state index >= 15 is 0 Å². The topological polar surface area (TPSA) is 71.1 Å². The Hall–Kier alpha value is -4.07. The van der Waals surface area contributed by atoms with Gasteiger partial charge in [-0.3, -0.25) is 0 Å². The van der Waals surface area contributed by atoms with E-state index in [1.54, 1.807) is 12.1 Å². The molecule has 5 atom stereocenters. The maximum absolute atomic E-state index is 13.1. The van der Waals surface area contributed by atoms with E-state index in [0.29, 0.717) is 5.56 Å². The molecule has 4 aromatic rings. The van der Waals surface area contributed by atoms with Gasteiger partial charge in [-0.2, -0.15) is 0 Å². The number of hydrogen-bond donors (Lipinski definition) is 0. The van der Waals surface area contributed by atoms with Gasteiger partial charge in [0.1, 0.15) is 24.8 Å². The molecule has 0 saturated carbocycles. The molecule has 1 aliphatic heterocycles. The Balaban J connectivity index is 1.11. The Bertz CT molecular complexity index is 1560. The van der Waals surface area contributed by atoms with Gasteiger partial charge in [0.25, 0.3) is 0 Å². The van der Waals surface area contributed by atoms with Crippen molar-refractivity contribution in [1.82, 2.24) is 0 Å². The largest absolute Gasteiger partial charge is 0.508 e. The van der Waals surface area contributed by atoms with Crippen LogP contribution in [-0.2, 0) is 18.9 Å². The van der Waals surface area contributed by atoms with Crippen LogP contribution in [0.3, 0.4) is 0 Å². The van der Waals surface area contributed by atoms with E-state index in [4.69, 9.17) is 18.9 Å². The molecule has 7 heteroatoms. The zero-order valence-corrected chi connectivity index (χ0v) is 25.9. The van der Waals surface area contributed by atoms with Gasteiger partial charge < -0.3 is 18.9 Å². The number of benzene rings is 4. The fourth-order valence-electron chi connectivity index (χ4n) is 6.01. The predicted molar refractivity (Wildman–Crippen MR) is 171 cm³/mol. The molecule has 1 aliphatic carbocycles. The number of ether oxygens (including phenoxy) is 4. The fraction of sp³-hybridized carbons (Fsp3) is 0.297. The van der Waals surface area contributed by atoms with Gasteiger partial charge in [0.15, 0.2) is 0 Å². The minimum Gasteiger partial charge on any atom is -0.455 e. The molecule has 6 rings (SSSR count). The third-order valence-corrected chi connectivity index (χ3v) is 9.89. The Labute approximate surface area is 262 Å². The summed E-state index contributed by atoms with van der Waals surface area (Å²) < 4.78 is 23.9. The smallest absolute Gasteiger partial charge is 0.455 e. The summed E-state index contributed by atoms with van der Waals surface area (Å²) in [7, 11) is 0. The molecule has 0 radical (unpaired) electrons. The first-order chi connectivity index (χ1) is 21.4. The van der Waals surface area contributed by atoms with E-state index in [2.05, 4.69) is 31.2 Å². The summed E-state index contributed by atoms with van der Waals surface area (Å²) in [4.78, 5) is 26.9. The van der Waals surface area contributed by atoms with Gasteiger partial charge in [-0.1, -0.05) is 110 Å². The van der Waals surface area contributed by atoms with Crippen LogP contribution in [0.25, 0.3) is 11.1 Å². The van der Waals surface area contributed by atoms with E-state index in [9.17, 15) is 9.59 Å². The molecule has 44 heavy (non-hydrogen) atoms. The van der Waals surface area contributed by atoms with Gasteiger partial charge in [-0.05, 0) is 59.4 Å². The lowest BCUT2D eigenvalue weighted by atomic mass is 9.84. The Morgan fingerprint density at radius 1 is 0.727 bits per heavy atom. The molecule has 2 unspecified atom stereocenters. The van der Waals surface area contributed by atoms with E-state index in [1.807, 2.05) is 80.6 Å². The van der Waals surface area contributed by atoms with Crippen LogP contribution in [-0.4, -0.2) is 43.0 Å². The number of rotatable bonds is 8. The highest BCUT2D eigenvalue weighted by molar-refractivity contribution is 7.99. The minimum atomic E-state index is -0.726. The lowest BCUT2D eigenvalue weighted by Gasteiger charge is -2.43. The van der Waals surface area contributed by atoms with Gasteiger partial charge in [-0.25, -0.2) is 9.59 Å². The van der Waals surface area contributed by atoms with Crippen LogP contribution in [0.2, 0.25) is 0 Å². The van der Waals surface area contributed by atoms with E-state index in [-0.39, 0.29) is 36.9 Å². The number of fused-ring (bicyclic) bond motifs is 3. The van der Waals surface area contributed by atoms with Crippen molar-refractivity contribution in [1.29, 1.82) is 0 Å². The first-order valence-electron chi connectivity index (χ1n) is 15.0. The average Bonchev–Trinajstić information content (AvgIpc) is 3.37. The highest BCUT2D eigenvalue weighted by atomic mass is 32.2. The second-order valence-corrected chi connectivity index (χ2v) is 12.7. The third-order valence-electron chi connectivity index (χ3n) is 8.73. The lowest BCUT2D eigenvalue weighted by molar-refractivity contribution is -0.150. The maximum atomic E-state index is 13.1. The normalized spacial score (nSPS) is 22.5. The summed E-state index contributed by atoms with van der Waals surface area (Å²) in [6.45, 7) is 6.35. The fourth-order valence-corrected chi connectivity index (χ4v) is 7.20. The molecule has 0 bridgehead atoms. The number of carbonyl (C=O) groups excluding carboxylic acids is 2. The molecule has 1 heterocycles. The number of esters is 1. The molecule has 1 saturated heterocycles. The SMILES string of the molecule is Cc1ccc(S[C@H]2OC(COC(=O)OCC3c4ccccc4-c4ccccc43)[C@@H](C)[C@H](C)C2OC(=O)c2ccccc2)cc1. The average molecular weight is 609 g/mol. The van der Waals surface area contributed by atoms with Gasteiger partial charge in [0.05, 0.1) is 11.7 Å². The van der Waals surface area contributed by atoms with Crippen molar-refractivity contribution < 1.29 is 28.5 Å². The zero-order valence-electron chi connectivity index (χ0n) is 25.1. The number of aryl methyl sites for hydroxylation is 1. The van der Waals surface area contributed by atoms with Crippen LogP contribution in [0.5, 0.6) is 0 Å². The number of hydrogen-bond acceptors (Lipinski definition) is 7. The second-order valence-electron chi connectivity index (χ2n) is 11.5. The van der Waals surface area contributed by atoms with Crippen LogP contribution in [0.15, 0.2) is 108 Å². The summed E-state index contributed by atoms with van der Waals surface area (Å²) in [5.74, 6) is -0.549. The van der Waals surface area contributed by atoms with Gasteiger partial charge >= 0.3 is 12.1 Å². The van der Waals surface area contributed by atoms with E-state index in [0.717, 1.165) is 21.6 Å². The summed E-state index contributed by atoms with van der Waals surface area (Å²) >= 11 is 1.51. The first-order valence-corrected chi connectivity index (χ1v) is 15.9. The standard InChI is InChI=1S/C37H36O6S/c1-23-17-19-27(20-18-23)44-36-34(43-35(38)26-11-5-4-6-12-26)25(3)24(2)33(42-36)22-41-37(39)40-21-32-30-15-9-7-13-28(30)29-14-8-10-16-31(29)32/h4-20,24-25,32-34,36H,21-22H2,1-3H3/t24-,25-,33?,34?,36+/m0/s1. The van der Waals surface area contributed by atoms with Crippen molar-refractivity contribution in [3.05, 3.63) is 125 Å². The Kier molecular flexibility index (Phi) is 9.05. The van der Waals surface area contributed by atoms with Gasteiger partial charge in [-0.15, -0.1) is 0 Å². The monoisotopic (exact) mass is 608 g/mol. The van der Waals surface area contributed by atoms with Crippen molar-refractivity contribution >= 4 is 23.9 Å². The summed E-state index contributed by atoms with van der Waals surface area (Å²) in [5, 5.41) is 0. The van der Waals surface area contributed by atoms with Crippen LogP contribution in [0.4, 0.5) is 4.79 Å². The molecule has 0 spiro atoms.